The molecular formula is C71H118O16P2. The monoisotopic (exact) mass is 1290 g/mol. The minimum atomic E-state index is -4.95. The van der Waals surface area contributed by atoms with Crippen LogP contribution in [0, 0.1) is 0 Å². The van der Waals surface area contributed by atoms with Gasteiger partial charge in [0.1, 0.15) is 25.4 Å². The highest BCUT2D eigenvalue weighted by molar-refractivity contribution is 7.47. The Hall–Kier alpha value is -4.31. The summed E-state index contributed by atoms with van der Waals surface area (Å²) in [7, 11) is -9.81. The molecule has 16 nitrogen and oxygen atoms in total. The van der Waals surface area contributed by atoms with E-state index in [1.165, 1.54) is 51.4 Å². The minimum absolute atomic E-state index is 0.0394. The summed E-state index contributed by atoms with van der Waals surface area (Å²) in [5.74, 6) is -1.71. The summed E-state index contributed by atoms with van der Waals surface area (Å²) in [5, 5.41) is 20.5. The van der Waals surface area contributed by atoms with Crippen molar-refractivity contribution in [3.05, 3.63) is 134 Å². The van der Waals surface area contributed by atoms with Crippen LogP contribution < -0.4 is 0 Å². The van der Waals surface area contributed by atoms with Crippen LogP contribution in [-0.2, 0) is 55.8 Å². The summed E-state index contributed by atoms with van der Waals surface area (Å²) in [6.07, 6.45) is 73.8. The van der Waals surface area contributed by atoms with E-state index in [9.17, 15) is 43.5 Å². The Morgan fingerprint density at radius 2 is 0.618 bits per heavy atom. The lowest BCUT2D eigenvalue weighted by Crippen LogP contribution is -2.30. The van der Waals surface area contributed by atoms with Crippen molar-refractivity contribution in [2.45, 2.75) is 257 Å². The first-order valence-electron chi connectivity index (χ1n) is 33.5. The number of unbranched alkanes of at least 4 members (excludes halogenated alkanes) is 17. The average Bonchev–Trinajstić information content (AvgIpc) is 3.72. The third-order valence-corrected chi connectivity index (χ3v) is 15.2. The molecule has 0 aromatic rings. The molecule has 0 rings (SSSR count). The Morgan fingerprint density at radius 3 is 1.04 bits per heavy atom. The van der Waals surface area contributed by atoms with E-state index >= 15 is 0 Å². The first-order chi connectivity index (χ1) is 43.2. The van der Waals surface area contributed by atoms with Crippen molar-refractivity contribution in [3.8, 4) is 0 Å². The number of ether oxygens (including phenoxy) is 3. The molecule has 0 radical (unpaired) electrons. The molecule has 89 heavy (non-hydrogen) atoms. The number of phosphoric ester groups is 2. The van der Waals surface area contributed by atoms with Gasteiger partial charge in [0.2, 0.25) is 0 Å². The van der Waals surface area contributed by atoms with Gasteiger partial charge in [-0.2, -0.15) is 0 Å². The summed E-state index contributed by atoms with van der Waals surface area (Å²) in [6.45, 7) is 2.36. The maximum Gasteiger partial charge on any atom is 0.472 e. The van der Waals surface area contributed by atoms with E-state index in [0.29, 0.717) is 25.7 Å². The van der Waals surface area contributed by atoms with Crippen molar-refractivity contribution in [3.63, 3.8) is 0 Å². The zero-order valence-corrected chi connectivity index (χ0v) is 56.6. The molecule has 0 bridgehead atoms. The first kappa shape index (κ1) is 84.7. The number of aliphatic hydroxyl groups is 2. The highest BCUT2D eigenvalue weighted by Gasteiger charge is 2.29. The lowest BCUT2D eigenvalue weighted by molar-refractivity contribution is -0.161. The molecule has 0 heterocycles. The fourth-order valence-electron chi connectivity index (χ4n) is 8.22. The van der Waals surface area contributed by atoms with Crippen LogP contribution in [0.2, 0.25) is 0 Å². The van der Waals surface area contributed by atoms with Crippen molar-refractivity contribution in [2.75, 3.05) is 39.6 Å². The standard InChI is InChI=1S/C71H118O16P2/c1-4-7-10-13-16-19-22-25-27-29-31-32-34-36-37-40-42-45-48-51-54-57-69(74)81-60-66(72)61-83-88(77,78)84-62-67(73)63-85-89(79,80)86-65-68(87-71(76)59-56-53-50-47-44-39-24-21-18-15-12-9-6-3)64-82-70(75)58-55-52-49-46-43-41-38-35-33-30-28-26-23-20-17-14-11-8-5-2/h8,11,16-17,19-21,24-28,31-33,35-37,41,43,49,52,66-68,72-73H,4-7,9-10,12-15,18,22-23,29-30,34,38-40,42,44-48,50-51,53-65H2,1-3H3,(H,77,78)(H,79,80)/b11-8-,19-16-,20-17-,24-21-,27-25-,28-26-,32-31-,35-33-,37-36-,43-41-,52-49-. The minimum Gasteiger partial charge on any atom is -0.463 e. The Morgan fingerprint density at radius 1 is 0.326 bits per heavy atom. The molecule has 0 aliphatic rings. The highest BCUT2D eigenvalue weighted by atomic mass is 31.2. The average molecular weight is 1290 g/mol. The molecule has 0 aliphatic carbocycles. The van der Waals surface area contributed by atoms with Gasteiger partial charge in [0, 0.05) is 19.3 Å². The van der Waals surface area contributed by atoms with Crippen LogP contribution in [0.5, 0.6) is 0 Å². The number of allylic oxidation sites excluding steroid dienone is 22. The number of phosphoric acid groups is 2. The molecule has 18 heteroatoms. The Bertz CT molecular complexity index is 2160. The van der Waals surface area contributed by atoms with Gasteiger partial charge in [0.05, 0.1) is 26.4 Å². The Labute approximate surface area is 537 Å². The fraction of sp³-hybridized carbons (Fsp3) is 0.648. The lowest BCUT2D eigenvalue weighted by atomic mass is 10.1. The molecular weight excluding hydrogens is 1170 g/mol. The van der Waals surface area contributed by atoms with Gasteiger partial charge in [0.25, 0.3) is 0 Å². The van der Waals surface area contributed by atoms with Gasteiger partial charge in [-0.3, -0.25) is 32.5 Å². The van der Waals surface area contributed by atoms with Gasteiger partial charge < -0.3 is 34.2 Å². The number of hydrogen-bond donors (Lipinski definition) is 4. The predicted molar refractivity (Wildman–Crippen MR) is 362 cm³/mol. The lowest BCUT2D eigenvalue weighted by Gasteiger charge is -2.21. The van der Waals surface area contributed by atoms with Crippen molar-refractivity contribution >= 4 is 33.6 Å². The van der Waals surface area contributed by atoms with Gasteiger partial charge in [-0.05, 0) is 128 Å². The fourth-order valence-corrected chi connectivity index (χ4v) is 9.80. The predicted octanol–water partition coefficient (Wildman–Crippen LogP) is 18.4. The molecule has 0 spiro atoms. The van der Waals surface area contributed by atoms with E-state index in [1.54, 1.807) is 0 Å². The van der Waals surface area contributed by atoms with Gasteiger partial charge in [-0.15, -0.1) is 0 Å². The summed E-state index contributed by atoms with van der Waals surface area (Å²) in [4.78, 5) is 58.3. The molecule has 4 N–H and O–H groups in total. The van der Waals surface area contributed by atoms with Crippen molar-refractivity contribution < 1.29 is 75.8 Å². The molecule has 0 amide bonds. The molecule has 0 aliphatic heterocycles. The normalized spacial score (nSPS) is 15.1. The van der Waals surface area contributed by atoms with Crippen LogP contribution in [0.1, 0.15) is 239 Å². The maximum absolute atomic E-state index is 12.9. The third kappa shape index (κ3) is 65.0. The smallest absolute Gasteiger partial charge is 0.463 e. The Balaban J connectivity index is 4.73. The largest absolute Gasteiger partial charge is 0.472 e. The number of esters is 3. The quantitative estimate of drug-likeness (QED) is 0.0146. The van der Waals surface area contributed by atoms with E-state index in [4.69, 9.17) is 32.3 Å². The van der Waals surface area contributed by atoms with Crippen molar-refractivity contribution in [1.82, 2.24) is 0 Å². The first-order valence-corrected chi connectivity index (χ1v) is 36.5. The zero-order chi connectivity index (χ0) is 65.3. The summed E-state index contributed by atoms with van der Waals surface area (Å²) in [5.41, 5.74) is 0. The number of hydrogen-bond acceptors (Lipinski definition) is 14. The molecule has 0 aromatic carbocycles. The van der Waals surface area contributed by atoms with Crippen LogP contribution in [0.4, 0.5) is 0 Å². The zero-order valence-electron chi connectivity index (χ0n) is 54.8. The molecule has 5 unspecified atom stereocenters. The number of carbonyl (C=O) groups is 3. The van der Waals surface area contributed by atoms with Gasteiger partial charge in [-0.25, -0.2) is 9.13 Å². The van der Waals surface area contributed by atoms with Crippen LogP contribution in [-0.4, -0.2) is 95.9 Å². The van der Waals surface area contributed by atoms with Crippen LogP contribution in [0.3, 0.4) is 0 Å². The van der Waals surface area contributed by atoms with E-state index in [-0.39, 0.29) is 19.3 Å². The second kappa shape index (κ2) is 63.8. The van der Waals surface area contributed by atoms with E-state index < -0.39 is 91.5 Å². The summed E-state index contributed by atoms with van der Waals surface area (Å²) < 4.78 is 60.7. The van der Waals surface area contributed by atoms with Gasteiger partial charge in [-0.1, -0.05) is 225 Å². The second-order valence-electron chi connectivity index (χ2n) is 21.9. The summed E-state index contributed by atoms with van der Waals surface area (Å²) in [6, 6.07) is 0. The number of rotatable bonds is 62. The van der Waals surface area contributed by atoms with Crippen molar-refractivity contribution in [1.29, 1.82) is 0 Å². The van der Waals surface area contributed by atoms with E-state index in [2.05, 4.69) is 136 Å². The molecule has 0 fully saturated rings. The van der Waals surface area contributed by atoms with E-state index in [1.807, 2.05) is 18.2 Å². The van der Waals surface area contributed by atoms with Crippen LogP contribution in [0.25, 0.3) is 0 Å². The summed E-state index contributed by atoms with van der Waals surface area (Å²) >= 11 is 0. The second-order valence-corrected chi connectivity index (χ2v) is 24.8. The Kier molecular flexibility index (Phi) is 60.7. The third-order valence-electron chi connectivity index (χ3n) is 13.3. The number of carbonyl (C=O) groups excluding carboxylic acids is 3. The van der Waals surface area contributed by atoms with E-state index in [0.717, 1.165) is 122 Å². The SMILES string of the molecule is CC/C=C\C/C=C\C/C=C\C/C=C\C/C=C\C/C=C\CCC(=O)OCC(COP(=O)(O)OCC(O)COP(=O)(O)OCC(O)COC(=O)CCCCCCC/C=C\C/C=C\C/C=C\C/C=C\CCCCC)OC(=O)CCCCCCC/C=C\CCCCCC. The number of aliphatic hydroxyl groups excluding tert-OH is 2. The molecule has 508 valence electrons. The molecule has 0 aromatic heterocycles. The van der Waals surface area contributed by atoms with Gasteiger partial charge in [0.15, 0.2) is 6.10 Å². The van der Waals surface area contributed by atoms with Crippen molar-refractivity contribution in [2.24, 2.45) is 0 Å². The molecule has 0 saturated carbocycles. The highest BCUT2D eigenvalue weighted by Crippen LogP contribution is 2.45. The molecule has 0 saturated heterocycles. The van der Waals surface area contributed by atoms with Crippen LogP contribution in [0.15, 0.2) is 134 Å². The molecule has 5 atom stereocenters. The van der Waals surface area contributed by atoms with Crippen LogP contribution >= 0.6 is 15.6 Å². The van der Waals surface area contributed by atoms with Gasteiger partial charge >= 0.3 is 33.6 Å². The topological polar surface area (TPSA) is 231 Å². The maximum atomic E-state index is 12.9.